The number of anilines is 1. The molecule has 0 spiro atoms. The number of carbonyl (C=O) groups is 1. The summed E-state index contributed by atoms with van der Waals surface area (Å²) in [5.74, 6) is 1.77. The highest BCUT2D eigenvalue weighted by molar-refractivity contribution is 6.90. The molecule has 6 nitrogen and oxygen atoms in total. The van der Waals surface area contributed by atoms with Crippen molar-refractivity contribution < 1.29 is 23.4 Å². The van der Waals surface area contributed by atoms with Crippen molar-refractivity contribution in [2.45, 2.75) is 38.9 Å². The Kier molecular flexibility index (Phi) is 6.02. The molecule has 0 atom stereocenters. The summed E-state index contributed by atoms with van der Waals surface area (Å²) >= 11 is 0. The topological polar surface area (TPSA) is 69.9 Å². The first-order chi connectivity index (χ1) is 15.3. The van der Waals surface area contributed by atoms with Crippen LogP contribution in [0, 0.1) is 6.92 Å². The van der Waals surface area contributed by atoms with Crippen LogP contribution in [0.25, 0.3) is 0 Å². The lowest BCUT2D eigenvalue weighted by Crippen LogP contribution is -2.46. The number of methoxy groups -OCH3 is 2. The van der Waals surface area contributed by atoms with Gasteiger partial charge in [-0.3, -0.25) is 4.79 Å². The van der Waals surface area contributed by atoms with Gasteiger partial charge in [-0.25, -0.2) is 0 Å². The minimum Gasteiger partial charge on any atom is -0.494 e. The average molecular weight is 452 g/mol. The zero-order valence-corrected chi connectivity index (χ0v) is 20.2. The third-order valence-corrected chi connectivity index (χ3v) is 9.59. The molecule has 1 aromatic heterocycles. The van der Waals surface area contributed by atoms with Gasteiger partial charge < -0.3 is 23.9 Å². The first-order valence-corrected chi connectivity index (χ1v) is 14.0. The number of nitrogens with one attached hydrogen (secondary N) is 1. The standard InChI is InChI=1S/C25H29NO5Si/c1-16-14-17-8-7-13-32(4,5)22(17)15-21(16)31-23-12-11-20(30-23)25(27)26-24-18(28-2)9-6-10-19(24)29-3/h6,9-12,14-15H,7-8,13H2,1-5H3,(H,26,27). The molecule has 32 heavy (non-hydrogen) atoms. The normalized spacial score (nSPS) is 14.4. The molecule has 1 aliphatic heterocycles. The number of hydrogen-bond donors (Lipinski definition) is 1. The highest BCUT2D eigenvalue weighted by atomic mass is 28.3. The molecule has 4 rings (SSSR count). The number of aryl methyl sites for hydroxylation is 2. The predicted octanol–water partition coefficient (Wildman–Crippen LogP) is 5.51. The van der Waals surface area contributed by atoms with Crippen molar-refractivity contribution >= 4 is 24.9 Å². The summed E-state index contributed by atoms with van der Waals surface area (Å²) < 4.78 is 22.5. The molecule has 2 heterocycles. The second-order valence-electron chi connectivity index (χ2n) is 8.72. The van der Waals surface area contributed by atoms with Gasteiger partial charge in [-0.05, 0) is 48.7 Å². The van der Waals surface area contributed by atoms with E-state index in [1.54, 1.807) is 30.3 Å². The van der Waals surface area contributed by atoms with E-state index in [1.807, 2.05) is 6.92 Å². The zero-order valence-electron chi connectivity index (χ0n) is 19.2. The fourth-order valence-corrected chi connectivity index (χ4v) is 7.22. The van der Waals surface area contributed by atoms with Gasteiger partial charge in [0.05, 0.1) is 22.3 Å². The maximum absolute atomic E-state index is 12.8. The largest absolute Gasteiger partial charge is 0.494 e. The van der Waals surface area contributed by atoms with E-state index in [2.05, 4.69) is 30.5 Å². The maximum atomic E-state index is 12.8. The van der Waals surface area contributed by atoms with Crippen LogP contribution in [0.3, 0.4) is 0 Å². The fraction of sp³-hybridized carbons (Fsp3) is 0.320. The van der Waals surface area contributed by atoms with Crippen LogP contribution >= 0.6 is 0 Å². The Morgan fingerprint density at radius 1 is 1.03 bits per heavy atom. The Bertz CT molecular complexity index is 1130. The number of furan rings is 1. The van der Waals surface area contributed by atoms with E-state index in [1.165, 1.54) is 37.4 Å². The number of benzene rings is 2. The summed E-state index contributed by atoms with van der Waals surface area (Å²) in [6, 6.07) is 14.3. The quantitative estimate of drug-likeness (QED) is 0.500. The first-order valence-electron chi connectivity index (χ1n) is 10.8. The lowest BCUT2D eigenvalue weighted by atomic mass is 10.1. The number of rotatable bonds is 6. The molecule has 0 radical (unpaired) electrons. The second kappa shape index (κ2) is 8.74. The van der Waals surface area contributed by atoms with E-state index in [0.29, 0.717) is 17.2 Å². The van der Waals surface area contributed by atoms with E-state index in [-0.39, 0.29) is 11.7 Å². The van der Waals surface area contributed by atoms with Gasteiger partial charge in [0.2, 0.25) is 0 Å². The number of ether oxygens (including phenoxy) is 3. The van der Waals surface area contributed by atoms with Crippen LogP contribution in [-0.2, 0) is 6.42 Å². The molecule has 0 fully saturated rings. The Morgan fingerprint density at radius 3 is 2.44 bits per heavy atom. The molecule has 0 bridgehead atoms. The summed E-state index contributed by atoms with van der Waals surface area (Å²) in [5, 5.41) is 4.26. The van der Waals surface area contributed by atoms with E-state index >= 15 is 0 Å². The average Bonchev–Trinajstić information content (AvgIpc) is 3.23. The molecule has 0 saturated heterocycles. The van der Waals surface area contributed by atoms with Crippen LogP contribution < -0.4 is 24.7 Å². The summed E-state index contributed by atoms with van der Waals surface area (Å²) in [5.41, 5.74) is 2.96. The van der Waals surface area contributed by atoms with Crippen molar-refractivity contribution in [3.8, 4) is 23.2 Å². The molecule has 1 N–H and O–H groups in total. The highest BCUT2D eigenvalue weighted by Gasteiger charge is 2.30. The molecule has 0 unspecified atom stereocenters. The minimum absolute atomic E-state index is 0.137. The Morgan fingerprint density at radius 2 is 1.75 bits per heavy atom. The van der Waals surface area contributed by atoms with Gasteiger partial charge in [-0.1, -0.05) is 42.9 Å². The molecule has 3 aromatic rings. The van der Waals surface area contributed by atoms with Crippen LogP contribution in [0.15, 0.2) is 46.9 Å². The van der Waals surface area contributed by atoms with Gasteiger partial charge in [-0.15, -0.1) is 0 Å². The molecule has 7 heteroatoms. The lowest BCUT2D eigenvalue weighted by molar-refractivity contribution is 0.0991. The number of fused-ring (bicyclic) bond motifs is 1. The summed E-state index contributed by atoms with van der Waals surface area (Å²) in [4.78, 5) is 12.8. The first kappa shape index (κ1) is 22.0. The third-order valence-electron chi connectivity index (χ3n) is 6.06. The number of carbonyl (C=O) groups excluding carboxylic acids is 1. The molecular formula is C25H29NO5Si. The fourth-order valence-electron chi connectivity index (χ4n) is 4.31. The van der Waals surface area contributed by atoms with Crippen LogP contribution in [0.5, 0.6) is 23.2 Å². The van der Waals surface area contributed by atoms with Crippen molar-refractivity contribution in [2.24, 2.45) is 0 Å². The van der Waals surface area contributed by atoms with Crippen molar-refractivity contribution in [1.82, 2.24) is 0 Å². The highest BCUT2D eigenvalue weighted by Crippen LogP contribution is 2.35. The number of para-hydroxylation sites is 1. The van der Waals surface area contributed by atoms with Crippen LogP contribution in [0.1, 0.15) is 28.1 Å². The van der Waals surface area contributed by atoms with Gasteiger partial charge in [0.25, 0.3) is 11.9 Å². The molecule has 168 valence electrons. The Balaban J connectivity index is 1.55. The number of amides is 1. The van der Waals surface area contributed by atoms with Crippen LogP contribution in [0.4, 0.5) is 5.69 Å². The zero-order chi connectivity index (χ0) is 22.9. The van der Waals surface area contributed by atoms with Crippen molar-refractivity contribution in [1.29, 1.82) is 0 Å². The van der Waals surface area contributed by atoms with Gasteiger partial charge in [-0.2, -0.15) is 0 Å². The summed E-state index contributed by atoms with van der Waals surface area (Å²) in [7, 11) is 1.62. The monoisotopic (exact) mass is 451 g/mol. The van der Waals surface area contributed by atoms with E-state index in [0.717, 1.165) is 17.7 Å². The molecule has 1 amide bonds. The minimum atomic E-state index is -1.46. The molecular weight excluding hydrogens is 422 g/mol. The molecule has 2 aromatic carbocycles. The Labute approximate surface area is 189 Å². The third kappa shape index (κ3) is 4.25. The number of hydrogen-bond acceptors (Lipinski definition) is 5. The lowest BCUT2D eigenvalue weighted by Gasteiger charge is -2.31. The summed E-state index contributed by atoms with van der Waals surface area (Å²) in [6.07, 6.45) is 2.39. The van der Waals surface area contributed by atoms with Gasteiger partial charge in [0.1, 0.15) is 22.9 Å². The van der Waals surface area contributed by atoms with E-state index in [4.69, 9.17) is 18.6 Å². The van der Waals surface area contributed by atoms with E-state index < -0.39 is 14.0 Å². The van der Waals surface area contributed by atoms with Crippen LogP contribution in [0.2, 0.25) is 19.1 Å². The van der Waals surface area contributed by atoms with Crippen LogP contribution in [-0.4, -0.2) is 28.2 Å². The molecule has 1 aliphatic rings. The van der Waals surface area contributed by atoms with Gasteiger partial charge >= 0.3 is 0 Å². The van der Waals surface area contributed by atoms with Crippen molar-refractivity contribution in [2.75, 3.05) is 19.5 Å². The smallest absolute Gasteiger partial charge is 0.291 e. The second-order valence-corrected chi connectivity index (χ2v) is 13.5. The van der Waals surface area contributed by atoms with Crippen molar-refractivity contribution in [3.05, 3.63) is 59.4 Å². The summed E-state index contributed by atoms with van der Waals surface area (Å²) in [6.45, 7) is 6.86. The maximum Gasteiger partial charge on any atom is 0.291 e. The predicted molar refractivity (Wildman–Crippen MR) is 128 cm³/mol. The SMILES string of the molecule is COc1cccc(OC)c1NC(=O)c1ccc(Oc2cc3c(cc2C)CCC[Si]3(C)C)o1. The van der Waals surface area contributed by atoms with E-state index in [9.17, 15) is 4.79 Å². The van der Waals surface area contributed by atoms with Gasteiger partial charge in [0, 0.05) is 6.07 Å². The Hall–Kier alpha value is -3.19. The molecule has 0 aliphatic carbocycles. The molecule has 0 saturated carbocycles. The van der Waals surface area contributed by atoms with Crippen molar-refractivity contribution in [3.63, 3.8) is 0 Å². The van der Waals surface area contributed by atoms with Gasteiger partial charge in [0.15, 0.2) is 5.76 Å².